The number of benzene rings is 2. The van der Waals surface area contributed by atoms with E-state index in [1.165, 1.54) is 0 Å². The number of amides is 3. The molecule has 1 spiro atoms. The molecule has 3 heterocycles. The lowest BCUT2D eigenvalue weighted by Gasteiger charge is -2.32. The first-order valence-electron chi connectivity index (χ1n) is 13.2. The van der Waals surface area contributed by atoms with Gasteiger partial charge in [-0.05, 0) is 36.8 Å². The maximum atomic E-state index is 14.2. The quantitative estimate of drug-likeness (QED) is 0.523. The van der Waals surface area contributed by atoms with E-state index in [1.807, 2.05) is 48.5 Å². The molecular weight excluding hydrogens is 438 g/mol. The fourth-order valence-electron chi connectivity index (χ4n) is 7.13. The van der Waals surface area contributed by atoms with Gasteiger partial charge in [-0.1, -0.05) is 81.1 Å². The zero-order valence-corrected chi connectivity index (χ0v) is 20.3. The standard InChI is InChI=1S/C29H33N3O3/c1-2-19-13-10-16-21-25(19)30-28(35)29(21)24-23(22(31-29)17-18-11-6-5-7-12-18)26(33)32(27(24)34)20-14-8-3-4-9-15-20/h5-7,10-13,16,20,22-24,31H,2-4,8-9,14-15,17H2,1H3,(H,30,35)/t22-,23-,24+,29+/m1/s1. The molecule has 1 saturated carbocycles. The smallest absolute Gasteiger partial charge is 0.250 e. The molecular formula is C29H33N3O3. The van der Waals surface area contributed by atoms with Crippen LogP contribution >= 0.6 is 0 Å². The van der Waals surface area contributed by atoms with Crippen LogP contribution in [0.15, 0.2) is 48.5 Å². The number of anilines is 1. The summed E-state index contributed by atoms with van der Waals surface area (Å²) in [7, 11) is 0. The maximum Gasteiger partial charge on any atom is 0.250 e. The number of hydrogen-bond acceptors (Lipinski definition) is 4. The largest absolute Gasteiger partial charge is 0.324 e. The molecule has 3 amide bonds. The Morgan fingerprint density at radius 1 is 0.914 bits per heavy atom. The molecule has 3 aliphatic heterocycles. The molecule has 2 aromatic carbocycles. The molecule has 0 aromatic heterocycles. The Hall–Kier alpha value is -2.99. The van der Waals surface area contributed by atoms with Crippen LogP contribution in [0.5, 0.6) is 0 Å². The van der Waals surface area contributed by atoms with Gasteiger partial charge in [0.05, 0.1) is 11.8 Å². The van der Waals surface area contributed by atoms with Crippen molar-refractivity contribution >= 4 is 23.4 Å². The molecule has 4 aliphatic rings. The first kappa shape index (κ1) is 22.5. The van der Waals surface area contributed by atoms with Crippen molar-refractivity contribution in [2.75, 3.05) is 5.32 Å². The highest BCUT2D eigenvalue weighted by molar-refractivity contribution is 6.15. The zero-order chi connectivity index (χ0) is 24.2. The van der Waals surface area contributed by atoms with E-state index in [0.29, 0.717) is 6.42 Å². The van der Waals surface area contributed by atoms with Crippen LogP contribution in [-0.4, -0.2) is 34.7 Å². The van der Waals surface area contributed by atoms with Gasteiger partial charge in [0.2, 0.25) is 17.7 Å². The molecule has 4 atom stereocenters. The third-order valence-electron chi connectivity index (χ3n) is 8.74. The Balaban J connectivity index is 1.46. The number of fused-ring (bicyclic) bond motifs is 4. The van der Waals surface area contributed by atoms with Gasteiger partial charge in [0.25, 0.3) is 0 Å². The van der Waals surface area contributed by atoms with Gasteiger partial charge in [-0.25, -0.2) is 0 Å². The Kier molecular flexibility index (Phi) is 5.52. The van der Waals surface area contributed by atoms with Gasteiger partial charge in [-0.3, -0.25) is 24.6 Å². The zero-order valence-electron chi connectivity index (χ0n) is 20.3. The molecule has 0 radical (unpaired) electrons. The molecule has 0 unspecified atom stereocenters. The number of aryl methyl sites for hydroxylation is 1. The molecule has 1 aliphatic carbocycles. The molecule has 6 heteroatoms. The average Bonchev–Trinajstić information content (AvgIpc) is 3.33. The lowest BCUT2D eigenvalue weighted by atomic mass is 9.76. The predicted octanol–water partition coefficient (Wildman–Crippen LogP) is 3.93. The van der Waals surface area contributed by atoms with E-state index in [2.05, 4.69) is 17.6 Å². The number of rotatable bonds is 4. The summed E-state index contributed by atoms with van der Waals surface area (Å²) in [5, 5.41) is 6.69. The van der Waals surface area contributed by atoms with Gasteiger partial charge >= 0.3 is 0 Å². The lowest BCUT2D eigenvalue weighted by molar-refractivity contribution is -0.145. The summed E-state index contributed by atoms with van der Waals surface area (Å²) in [6.07, 6.45) is 7.48. The summed E-state index contributed by atoms with van der Waals surface area (Å²) in [5.41, 5.74) is 2.55. The van der Waals surface area contributed by atoms with Gasteiger partial charge in [-0.2, -0.15) is 0 Å². The average molecular weight is 472 g/mol. The number of nitrogens with zero attached hydrogens (tertiary/aromatic N) is 1. The number of para-hydroxylation sites is 1. The molecule has 6 rings (SSSR count). The van der Waals surface area contributed by atoms with Gasteiger partial charge in [-0.15, -0.1) is 0 Å². The second-order valence-corrected chi connectivity index (χ2v) is 10.6. The third kappa shape index (κ3) is 3.29. The number of nitrogens with one attached hydrogen (secondary N) is 2. The number of carbonyl (C=O) groups is 3. The highest BCUT2D eigenvalue weighted by atomic mass is 16.2. The van der Waals surface area contributed by atoms with E-state index in [0.717, 1.165) is 67.3 Å². The Labute approximate surface area is 206 Å². The highest BCUT2D eigenvalue weighted by Crippen LogP contribution is 2.54. The highest BCUT2D eigenvalue weighted by Gasteiger charge is 2.70. The van der Waals surface area contributed by atoms with Crippen LogP contribution in [0.2, 0.25) is 0 Å². The SMILES string of the molecule is CCc1cccc2c1NC(=O)[C@]21N[C@H](Cc2ccccc2)[C@H]2C(=O)N(C3CCCCCC3)C(=O)[C@H]21. The minimum absolute atomic E-state index is 0.0524. The van der Waals surface area contributed by atoms with Crippen LogP contribution in [0, 0.1) is 11.8 Å². The van der Waals surface area contributed by atoms with Crippen molar-refractivity contribution in [2.45, 2.75) is 75.9 Å². The van der Waals surface area contributed by atoms with Crippen LogP contribution in [0.3, 0.4) is 0 Å². The van der Waals surface area contributed by atoms with Crippen LogP contribution < -0.4 is 10.6 Å². The molecule has 2 N–H and O–H groups in total. The van der Waals surface area contributed by atoms with E-state index in [-0.39, 0.29) is 29.8 Å². The Morgan fingerprint density at radius 2 is 1.66 bits per heavy atom. The fourth-order valence-corrected chi connectivity index (χ4v) is 7.13. The second-order valence-electron chi connectivity index (χ2n) is 10.6. The van der Waals surface area contributed by atoms with E-state index in [9.17, 15) is 14.4 Å². The number of hydrogen-bond donors (Lipinski definition) is 2. The summed E-state index contributed by atoms with van der Waals surface area (Å²) in [6.45, 7) is 2.06. The van der Waals surface area contributed by atoms with E-state index in [4.69, 9.17) is 0 Å². The topological polar surface area (TPSA) is 78.5 Å². The van der Waals surface area contributed by atoms with Crippen LogP contribution in [-0.2, 0) is 32.8 Å². The number of carbonyl (C=O) groups excluding carboxylic acids is 3. The van der Waals surface area contributed by atoms with Gasteiger partial charge < -0.3 is 5.32 Å². The molecule has 182 valence electrons. The molecule has 3 fully saturated rings. The van der Waals surface area contributed by atoms with Crippen molar-refractivity contribution < 1.29 is 14.4 Å². The fraction of sp³-hybridized carbons (Fsp3) is 0.483. The summed E-state index contributed by atoms with van der Waals surface area (Å²) in [6, 6.07) is 15.6. The van der Waals surface area contributed by atoms with Crippen molar-refractivity contribution in [3.8, 4) is 0 Å². The second kappa shape index (κ2) is 8.59. The minimum Gasteiger partial charge on any atom is -0.324 e. The van der Waals surface area contributed by atoms with Crippen molar-refractivity contribution in [3.05, 3.63) is 65.2 Å². The Bertz CT molecular complexity index is 1170. The minimum atomic E-state index is -1.21. The van der Waals surface area contributed by atoms with Crippen LogP contribution in [0.25, 0.3) is 0 Å². The molecule has 6 nitrogen and oxygen atoms in total. The molecule has 35 heavy (non-hydrogen) atoms. The summed E-state index contributed by atoms with van der Waals surface area (Å²) < 4.78 is 0. The van der Waals surface area contributed by atoms with E-state index >= 15 is 0 Å². The Morgan fingerprint density at radius 3 is 2.37 bits per heavy atom. The summed E-state index contributed by atoms with van der Waals surface area (Å²) in [5.74, 6) is -1.74. The molecule has 0 bridgehead atoms. The monoisotopic (exact) mass is 471 g/mol. The van der Waals surface area contributed by atoms with Crippen LogP contribution in [0.4, 0.5) is 5.69 Å². The molecule has 2 aromatic rings. The van der Waals surface area contributed by atoms with Crippen molar-refractivity contribution in [2.24, 2.45) is 11.8 Å². The normalized spacial score (nSPS) is 30.5. The maximum absolute atomic E-state index is 14.2. The predicted molar refractivity (Wildman–Crippen MR) is 134 cm³/mol. The van der Waals surface area contributed by atoms with Gasteiger partial charge in [0.15, 0.2) is 0 Å². The summed E-state index contributed by atoms with van der Waals surface area (Å²) >= 11 is 0. The van der Waals surface area contributed by atoms with Gasteiger partial charge in [0, 0.05) is 23.3 Å². The first-order valence-corrected chi connectivity index (χ1v) is 13.2. The first-order chi connectivity index (χ1) is 17.1. The summed E-state index contributed by atoms with van der Waals surface area (Å²) in [4.78, 5) is 43.6. The van der Waals surface area contributed by atoms with Crippen molar-refractivity contribution in [1.29, 1.82) is 0 Å². The number of likely N-dealkylation sites (tertiary alicyclic amines) is 1. The van der Waals surface area contributed by atoms with Crippen molar-refractivity contribution in [1.82, 2.24) is 10.2 Å². The molecule has 2 saturated heterocycles. The van der Waals surface area contributed by atoms with E-state index < -0.39 is 17.4 Å². The van der Waals surface area contributed by atoms with E-state index in [1.54, 1.807) is 4.90 Å². The lowest BCUT2D eigenvalue weighted by Crippen LogP contribution is -2.54. The number of imide groups is 1. The third-order valence-corrected chi connectivity index (χ3v) is 8.74. The van der Waals surface area contributed by atoms with Gasteiger partial charge in [0.1, 0.15) is 5.54 Å². The van der Waals surface area contributed by atoms with Crippen LogP contribution in [0.1, 0.15) is 62.1 Å². The van der Waals surface area contributed by atoms with Crippen molar-refractivity contribution in [3.63, 3.8) is 0 Å².